The zero-order valence-corrected chi connectivity index (χ0v) is 10.4. The van der Waals surface area contributed by atoms with Crippen LogP contribution in [0.1, 0.15) is 0 Å². The Kier molecular flexibility index (Phi) is 2.74. The molecule has 0 bridgehead atoms. The van der Waals surface area contributed by atoms with E-state index in [1.165, 1.54) is 7.05 Å². The zero-order chi connectivity index (χ0) is 12.6. The Morgan fingerprint density at radius 2 is 2.29 bits per heavy atom. The lowest BCUT2D eigenvalue weighted by Crippen LogP contribution is -2.59. The number of aromatic nitrogens is 1. The maximum atomic E-state index is 12.2. The zero-order valence-electron chi connectivity index (χ0n) is 10.4. The second kappa shape index (κ2) is 3.95. The van der Waals surface area contributed by atoms with Gasteiger partial charge in [-0.2, -0.15) is 4.98 Å². The van der Waals surface area contributed by atoms with Crippen molar-refractivity contribution in [3.8, 4) is 0 Å². The topological polar surface area (TPSA) is 66.3 Å². The quantitative estimate of drug-likeness (QED) is 0.211. The highest BCUT2D eigenvalue weighted by Crippen LogP contribution is 2.33. The number of nitrogens with one attached hydrogen (secondary N) is 2. The van der Waals surface area contributed by atoms with E-state index in [2.05, 4.69) is 15.8 Å². The second-order valence-corrected chi connectivity index (χ2v) is 4.17. The van der Waals surface area contributed by atoms with Gasteiger partial charge in [-0.15, -0.1) is 5.01 Å². The van der Waals surface area contributed by atoms with E-state index in [0.717, 1.165) is 11.6 Å². The maximum absolute atomic E-state index is 12.2. The number of hydroxylamine groups is 1. The van der Waals surface area contributed by atoms with Crippen LogP contribution >= 0.6 is 0 Å². The lowest BCUT2D eigenvalue weighted by Gasteiger charge is -2.28. The SMILES string of the molecule is CNC(N1N[N+](C)([O-])c2ncccc21)=[N+](C)C. The highest BCUT2D eigenvalue weighted by atomic mass is 16.6. The van der Waals surface area contributed by atoms with Crippen molar-refractivity contribution < 1.29 is 4.58 Å². The molecule has 1 unspecified atom stereocenters. The molecule has 1 aliphatic heterocycles. The molecular weight excluding hydrogens is 220 g/mol. The molecule has 0 saturated heterocycles. The molecule has 2 N–H and O–H groups in total. The van der Waals surface area contributed by atoms with Gasteiger partial charge in [0.25, 0.3) is 5.82 Å². The first-order chi connectivity index (χ1) is 7.97. The molecule has 17 heavy (non-hydrogen) atoms. The predicted molar refractivity (Wildman–Crippen MR) is 67.1 cm³/mol. The van der Waals surface area contributed by atoms with Crippen molar-refractivity contribution in [2.75, 3.05) is 33.2 Å². The summed E-state index contributed by atoms with van der Waals surface area (Å²) in [6.07, 6.45) is 1.62. The highest BCUT2D eigenvalue weighted by molar-refractivity contribution is 5.95. The monoisotopic (exact) mass is 237 g/mol. The Balaban J connectivity index is 2.52. The highest BCUT2D eigenvalue weighted by Gasteiger charge is 2.42. The van der Waals surface area contributed by atoms with Crippen LogP contribution in [0.25, 0.3) is 0 Å². The third-order valence-electron chi connectivity index (χ3n) is 2.56. The molecule has 0 spiro atoms. The van der Waals surface area contributed by atoms with Crippen molar-refractivity contribution in [3.63, 3.8) is 0 Å². The van der Waals surface area contributed by atoms with Gasteiger partial charge in [-0.25, -0.2) is 4.76 Å². The minimum atomic E-state index is -0.727. The van der Waals surface area contributed by atoms with E-state index in [1.807, 2.05) is 30.8 Å². The van der Waals surface area contributed by atoms with Crippen molar-refractivity contribution >= 4 is 17.5 Å². The van der Waals surface area contributed by atoms with Crippen LogP contribution in [-0.4, -0.2) is 43.7 Å². The van der Waals surface area contributed by atoms with Gasteiger partial charge in [0.1, 0.15) is 0 Å². The third-order valence-corrected chi connectivity index (χ3v) is 2.56. The van der Waals surface area contributed by atoms with Gasteiger partial charge >= 0.3 is 5.96 Å². The lowest BCUT2D eigenvalue weighted by atomic mass is 10.4. The number of hydrogen-bond donors (Lipinski definition) is 2. The summed E-state index contributed by atoms with van der Waals surface area (Å²) < 4.78 is 1.16. The van der Waals surface area contributed by atoms with Gasteiger partial charge in [-0.1, -0.05) is 0 Å². The predicted octanol–water partition coefficient (Wildman–Crippen LogP) is -0.396. The molecule has 7 nitrogen and oxygen atoms in total. The first-order valence-electron chi connectivity index (χ1n) is 5.30. The first-order valence-corrected chi connectivity index (χ1v) is 5.30. The standard InChI is InChI=1S/C10H16N6O/c1-11-10(14(2)3)15-8-6-5-7-12-9(8)16(4,17)13-15/h5-7,13H,1-4H3/p+1. The fourth-order valence-corrected chi connectivity index (χ4v) is 1.88. The average Bonchev–Trinajstić information content (AvgIpc) is 2.53. The molecule has 1 aliphatic rings. The number of quaternary nitrogens is 1. The molecule has 0 saturated carbocycles. The molecule has 0 amide bonds. The summed E-state index contributed by atoms with van der Waals surface area (Å²) in [5.74, 6) is 1.22. The molecule has 0 aliphatic carbocycles. The fraction of sp³-hybridized carbons (Fsp3) is 0.400. The Labute approximate surface area is 100 Å². The van der Waals surface area contributed by atoms with Crippen molar-refractivity contribution in [3.05, 3.63) is 23.5 Å². The van der Waals surface area contributed by atoms with E-state index in [9.17, 15) is 5.21 Å². The molecule has 2 heterocycles. The van der Waals surface area contributed by atoms with E-state index in [4.69, 9.17) is 0 Å². The number of hydrogen-bond acceptors (Lipinski definition) is 3. The third kappa shape index (κ3) is 1.84. The van der Waals surface area contributed by atoms with Crippen molar-refractivity contribution in [1.29, 1.82) is 0 Å². The van der Waals surface area contributed by atoms with Crippen LogP contribution in [0.3, 0.4) is 0 Å². The Morgan fingerprint density at radius 3 is 2.88 bits per heavy atom. The van der Waals surface area contributed by atoms with Crippen LogP contribution in [0.2, 0.25) is 0 Å². The van der Waals surface area contributed by atoms with E-state index in [-0.39, 0.29) is 0 Å². The maximum Gasteiger partial charge on any atom is 0.374 e. The van der Waals surface area contributed by atoms with Crippen molar-refractivity contribution in [2.24, 2.45) is 0 Å². The van der Waals surface area contributed by atoms with Gasteiger partial charge in [-0.3, -0.25) is 9.89 Å². The number of pyridine rings is 1. The van der Waals surface area contributed by atoms with Crippen LogP contribution in [0.15, 0.2) is 18.3 Å². The fourth-order valence-electron chi connectivity index (χ4n) is 1.88. The number of hydrazine groups is 1. The summed E-state index contributed by atoms with van der Waals surface area (Å²) in [6.45, 7) is 0. The summed E-state index contributed by atoms with van der Waals surface area (Å²) in [5.41, 5.74) is 3.59. The largest absolute Gasteiger partial charge is 0.603 e. The molecule has 1 atom stereocenters. The van der Waals surface area contributed by atoms with Gasteiger partial charge in [0.15, 0.2) is 0 Å². The summed E-state index contributed by atoms with van der Waals surface area (Å²) in [5, 5.41) is 17.0. The van der Waals surface area contributed by atoms with Crippen LogP contribution < -0.4 is 20.6 Å². The van der Waals surface area contributed by atoms with Crippen LogP contribution in [-0.2, 0) is 0 Å². The summed E-state index contributed by atoms with van der Waals surface area (Å²) in [6, 6.07) is 3.67. The van der Waals surface area contributed by atoms with Crippen molar-refractivity contribution in [1.82, 2.24) is 20.6 Å². The molecule has 2 rings (SSSR count). The summed E-state index contributed by atoms with van der Waals surface area (Å²) in [7, 11) is 7.11. The average molecular weight is 237 g/mol. The summed E-state index contributed by atoms with van der Waals surface area (Å²) in [4.78, 5) is 4.13. The number of rotatable bonds is 0. The molecule has 1 aromatic rings. The van der Waals surface area contributed by atoms with Gasteiger partial charge in [0.2, 0.25) is 5.69 Å². The Hall–Kier alpha value is -1.70. The van der Waals surface area contributed by atoms with E-state index >= 15 is 0 Å². The first kappa shape index (κ1) is 11.8. The number of fused-ring (bicyclic) bond motifs is 1. The molecule has 1 aromatic heterocycles. The minimum absolute atomic E-state index is 0.446. The molecule has 0 fully saturated rings. The van der Waals surface area contributed by atoms with Gasteiger partial charge in [0.05, 0.1) is 28.2 Å². The van der Waals surface area contributed by atoms with Crippen molar-refractivity contribution in [2.45, 2.75) is 0 Å². The Morgan fingerprint density at radius 1 is 1.59 bits per heavy atom. The van der Waals surface area contributed by atoms with E-state index < -0.39 is 4.76 Å². The minimum Gasteiger partial charge on any atom is -0.603 e. The Bertz CT molecular complexity index is 466. The molecule has 0 radical (unpaired) electrons. The molecular formula is C10H17N6O+. The van der Waals surface area contributed by atoms with Crippen LogP contribution in [0, 0.1) is 5.21 Å². The van der Waals surface area contributed by atoms with Crippen LogP contribution in [0.4, 0.5) is 11.5 Å². The van der Waals surface area contributed by atoms with E-state index in [1.54, 1.807) is 18.3 Å². The second-order valence-electron chi connectivity index (χ2n) is 4.17. The van der Waals surface area contributed by atoms with Gasteiger partial charge in [-0.05, 0) is 17.7 Å². The van der Waals surface area contributed by atoms with Crippen LogP contribution in [0.5, 0.6) is 0 Å². The van der Waals surface area contributed by atoms with Gasteiger partial charge in [0, 0.05) is 6.20 Å². The number of anilines is 1. The number of guanidine groups is 1. The molecule has 7 heteroatoms. The van der Waals surface area contributed by atoms with Gasteiger partial charge < -0.3 is 5.21 Å². The smallest absolute Gasteiger partial charge is 0.374 e. The van der Waals surface area contributed by atoms with E-state index in [0.29, 0.717) is 5.82 Å². The lowest BCUT2D eigenvalue weighted by molar-refractivity contribution is -0.467. The summed E-state index contributed by atoms with van der Waals surface area (Å²) >= 11 is 0. The number of nitrogens with zero attached hydrogens (tertiary/aromatic N) is 4. The normalized spacial score (nSPS) is 22.3. The molecule has 0 aromatic carbocycles. The molecule has 92 valence electrons.